The molecule has 0 aliphatic heterocycles. The lowest BCUT2D eigenvalue weighted by Gasteiger charge is -2.11. The molecule has 0 atom stereocenters. The molecule has 3 N–H and O–H groups in total. The summed E-state index contributed by atoms with van der Waals surface area (Å²) in [7, 11) is -3.68. The lowest BCUT2D eigenvalue weighted by molar-refractivity contribution is 0.529. The second kappa shape index (κ2) is 5.52. The van der Waals surface area contributed by atoms with E-state index in [-0.39, 0.29) is 22.4 Å². The molecule has 0 bridgehead atoms. The van der Waals surface area contributed by atoms with Crippen molar-refractivity contribution in [2.45, 2.75) is 24.7 Å². The van der Waals surface area contributed by atoms with E-state index in [1.807, 2.05) is 6.92 Å². The van der Waals surface area contributed by atoms with E-state index < -0.39 is 15.8 Å². The van der Waals surface area contributed by atoms with Crippen molar-refractivity contribution in [1.29, 1.82) is 0 Å². The standard InChI is InChI=1S/C14H17FN2O2S/c1-14(6-7-14)10-17-20(18,19)12-5-4-11(3-2-8-16)13(15)9-12/h4-5,9,17H,6-8,10,16H2,1H3. The highest BCUT2D eigenvalue weighted by atomic mass is 32.2. The molecule has 0 heterocycles. The van der Waals surface area contributed by atoms with Gasteiger partial charge in [-0.05, 0) is 36.5 Å². The van der Waals surface area contributed by atoms with E-state index in [0.29, 0.717) is 6.54 Å². The molecule has 20 heavy (non-hydrogen) atoms. The van der Waals surface area contributed by atoms with Gasteiger partial charge in [0, 0.05) is 6.54 Å². The first-order valence-corrected chi connectivity index (χ1v) is 7.83. The van der Waals surface area contributed by atoms with E-state index in [1.165, 1.54) is 12.1 Å². The summed E-state index contributed by atoms with van der Waals surface area (Å²) in [5.74, 6) is 4.42. The number of rotatable bonds is 4. The van der Waals surface area contributed by atoms with Crippen LogP contribution in [0.15, 0.2) is 23.1 Å². The van der Waals surface area contributed by atoms with Crippen molar-refractivity contribution in [3.05, 3.63) is 29.6 Å². The van der Waals surface area contributed by atoms with Crippen LogP contribution in [0.25, 0.3) is 0 Å². The van der Waals surface area contributed by atoms with E-state index in [4.69, 9.17) is 5.73 Å². The van der Waals surface area contributed by atoms with Gasteiger partial charge in [-0.3, -0.25) is 0 Å². The highest BCUT2D eigenvalue weighted by molar-refractivity contribution is 7.89. The zero-order valence-electron chi connectivity index (χ0n) is 11.2. The third-order valence-corrected chi connectivity index (χ3v) is 4.77. The third-order valence-electron chi connectivity index (χ3n) is 3.37. The number of nitrogens with one attached hydrogen (secondary N) is 1. The van der Waals surface area contributed by atoms with Gasteiger partial charge >= 0.3 is 0 Å². The zero-order chi connectivity index (χ0) is 14.8. The SMILES string of the molecule is CC1(CNS(=O)(=O)c2ccc(C#CCN)c(F)c2)CC1. The molecule has 0 aromatic heterocycles. The summed E-state index contributed by atoms with van der Waals surface area (Å²) >= 11 is 0. The van der Waals surface area contributed by atoms with Crippen LogP contribution in [0.1, 0.15) is 25.3 Å². The summed E-state index contributed by atoms with van der Waals surface area (Å²) in [4.78, 5) is -0.0856. The lowest BCUT2D eigenvalue weighted by atomic mass is 10.2. The Morgan fingerprint density at radius 2 is 2.15 bits per heavy atom. The quantitative estimate of drug-likeness (QED) is 0.821. The molecule has 2 rings (SSSR count). The van der Waals surface area contributed by atoms with Gasteiger partial charge in [0.05, 0.1) is 17.0 Å². The second-order valence-corrected chi connectivity index (χ2v) is 7.05. The molecule has 0 unspecified atom stereocenters. The molecule has 4 nitrogen and oxygen atoms in total. The molecule has 1 aromatic rings. The van der Waals surface area contributed by atoms with Crippen LogP contribution in [-0.4, -0.2) is 21.5 Å². The Kier molecular flexibility index (Phi) is 4.14. The summed E-state index contributed by atoms with van der Waals surface area (Å²) in [6.45, 7) is 2.52. The minimum absolute atomic E-state index is 0.0537. The maximum absolute atomic E-state index is 13.8. The van der Waals surface area contributed by atoms with Gasteiger partial charge in [-0.15, -0.1) is 0 Å². The van der Waals surface area contributed by atoms with Crippen molar-refractivity contribution in [3.63, 3.8) is 0 Å². The molecule has 1 fully saturated rings. The van der Waals surface area contributed by atoms with E-state index in [9.17, 15) is 12.8 Å². The highest BCUT2D eigenvalue weighted by Crippen LogP contribution is 2.44. The maximum Gasteiger partial charge on any atom is 0.240 e. The van der Waals surface area contributed by atoms with Crippen LogP contribution >= 0.6 is 0 Å². The average Bonchev–Trinajstić information content (AvgIpc) is 3.14. The first-order chi connectivity index (χ1) is 9.36. The predicted octanol–water partition coefficient (Wildman–Crippen LogP) is 1.21. The van der Waals surface area contributed by atoms with Gasteiger partial charge < -0.3 is 5.73 Å². The fourth-order valence-electron chi connectivity index (χ4n) is 1.65. The summed E-state index contributed by atoms with van der Waals surface area (Å²) in [5.41, 5.74) is 5.41. The topological polar surface area (TPSA) is 72.2 Å². The Morgan fingerprint density at radius 3 is 2.70 bits per heavy atom. The lowest BCUT2D eigenvalue weighted by Crippen LogP contribution is -2.29. The summed E-state index contributed by atoms with van der Waals surface area (Å²) < 4.78 is 40.4. The van der Waals surface area contributed by atoms with Gasteiger partial charge in [-0.25, -0.2) is 17.5 Å². The van der Waals surface area contributed by atoms with E-state index in [0.717, 1.165) is 18.9 Å². The molecule has 6 heteroatoms. The molecular formula is C14H17FN2O2S. The molecule has 1 saturated carbocycles. The van der Waals surface area contributed by atoms with Crippen LogP contribution in [-0.2, 0) is 10.0 Å². The normalized spacial score (nSPS) is 16.4. The number of hydrogen-bond donors (Lipinski definition) is 2. The Bertz CT molecular complexity index is 670. The van der Waals surface area contributed by atoms with E-state index in [1.54, 1.807) is 0 Å². The summed E-state index contributed by atoms with van der Waals surface area (Å²) in [6.07, 6.45) is 2.02. The van der Waals surface area contributed by atoms with Crippen LogP contribution in [0.5, 0.6) is 0 Å². The third kappa shape index (κ3) is 3.57. The van der Waals surface area contributed by atoms with E-state index in [2.05, 4.69) is 16.6 Å². The van der Waals surface area contributed by atoms with Gasteiger partial charge in [-0.1, -0.05) is 18.8 Å². The average molecular weight is 296 g/mol. The second-order valence-electron chi connectivity index (χ2n) is 5.28. The fraction of sp³-hybridized carbons (Fsp3) is 0.429. The highest BCUT2D eigenvalue weighted by Gasteiger charge is 2.38. The van der Waals surface area contributed by atoms with Crippen LogP contribution in [0.4, 0.5) is 4.39 Å². The Hall–Kier alpha value is -1.42. The number of nitrogens with two attached hydrogens (primary N) is 1. The molecule has 0 spiro atoms. The fourth-order valence-corrected chi connectivity index (χ4v) is 2.86. The van der Waals surface area contributed by atoms with Crippen molar-refractivity contribution in [2.24, 2.45) is 11.1 Å². The molecular weight excluding hydrogens is 279 g/mol. The van der Waals surface area contributed by atoms with Crippen LogP contribution < -0.4 is 10.5 Å². The van der Waals surface area contributed by atoms with Crippen LogP contribution in [0, 0.1) is 23.1 Å². The van der Waals surface area contributed by atoms with E-state index >= 15 is 0 Å². The maximum atomic E-state index is 13.8. The largest absolute Gasteiger partial charge is 0.320 e. The van der Waals surface area contributed by atoms with Crippen LogP contribution in [0.3, 0.4) is 0 Å². The van der Waals surface area contributed by atoms with Crippen molar-refractivity contribution >= 4 is 10.0 Å². The van der Waals surface area contributed by atoms with Crippen molar-refractivity contribution in [2.75, 3.05) is 13.1 Å². The first-order valence-electron chi connectivity index (χ1n) is 6.34. The Balaban J connectivity index is 2.17. The van der Waals surface area contributed by atoms with Crippen molar-refractivity contribution in [3.8, 4) is 11.8 Å². The zero-order valence-corrected chi connectivity index (χ0v) is 12.1. The minimum Gasteiger partial charge on any atom is -0.320 e. The monoisotopic (exact) mass is 296 g/mol. The molecule has 1 aliphatic rings. The Morgan fingerprint density at radius 1 is 1.45 bits per heavy atom. The summed E-state index contributed by atoms with van der Waals surface area (Å²) in [5, 5.41) is 0. The number of hydrogen-bond acceptors (Lipinski definition) is 3. The smallest absolute Gasteiger partial charge is 0.240 e. The molecule has 0 amide bonds. The van der Waals surface area contributed by atoms with Gasteiger partial charge in [-0.2, -0.15) is 0 Å². The molecule has 108 valence electrons. The number of benzene rings is 1. The predicted molar refractivity (Wildman–Crippen MR) is 74.9 cm³/mol. The van der Waals surface area contributed by atoms with Gasteiger partial charge in [0.25, 0.3) is 0 Å². The first kappa shape index (κ1) is 15.0. The van der Waals surface area contributed by atoms with Crippen molar-refractivity contribution in [1.82, 2.24) is 4.72 Å². The molecule has 1 aromatic carbocycles. The molecule has 0 radical (unpaired) electrons. The van der Waals surface area contributed by atoms with Gasteiger partial charge in [0.1, 0.15) is 5.82 Å². The Labute approximate surface area is 118 Å². The van der Waals surface area contributed by atoms with Crippen molar-refractivity contribution < 1.29 is 12.8 Å². The summed E-state index contributed by atoms with van der Waals surface area (Å²) in [6, 6.07) is 3.69. The minimum atomic E-state index is -3.68. The molecule has 0 saturated heterocycles. The number of halogens is 1. The number of sulfonamides is 1. The van der Waals surface area contributed by atoms with Crippen LogP contribution in [0.2, 0.25) is 0 Å². The molecule has 1 aliphatic carbocycles. The van der Waals surface area contributed by atoms with Gasteiger partial charge in [0.2, 0.25) is 10.0 Å². The van der Waals surface area contributed by atoms with Gasteiger partial charge in [0.15, 0.2) is 0 Å².